The Labute approximate surface area is 131 Å². The first-order chi connectivity index (χ1) is 9.71. The van der Waals surface area contributed by atoms with E-state index in [4.69, 9.17) is 0 Å². The minimum atomic E-state index is -0.728. The molecule has 21 heavy (non-hydrogen) atoms. The summed E-state index contributed by atoms with van der Waals surface area (Å²) >= 11 is 1.71. The Hall–Kier alpha value is -0.910. The van der Waals surface area contributed by atoms with Crippen LogP contribution >= 0.6 is 11.8 Å². The van der Waals surface area contributed by atoms with Crippen LogP contribution in [0.5, 0.6) is 0 Å². The number of nitrogens with one attached hydrogen (secondary N) is 1. The van der Waals surface area contributed by atoms with Gasteiger partial charge in [-0.1, -0.05) is 20.8 Å². The van der Waals surface area contributed by atoms with Crippen molar-refractivity contribution in [3.63, 3.8) is 0 Å². The van der Waals surface area contributed by atoms with Crippen LogP contribution in [0.25, 0.3) is 0 Å². The molecule has 0 aliphatic heterocycles. The van der Waals surface area contributed by atoms with Gasteiger partial charge >= 0.3 is 12.0 Å². The molecule has 0 aromatic carbocycles. The van der Waals surface area contributed by atoms with Crippen molar-refractivity contribution in [3.8, 4) is 0 Å². The van der Waals surface area contributed by atoms with Crippen molar-refractivity contribution in [2.75, 3.05) is 25.6 Å². The minimum Gasteiger partial charge on any atom is -0.481 e. The summed E-state index contributed by atoms with van der Waals surface area (Å²) < 4.78 is 0. The molecule has 3 atom stereocenters. The Bertz CT molecular complexity index is 387. The van der Waals surface area contributed by atoms with Crippen LogP contribution in [-0.4, -0.2) is 53.6 Å². The Morgan fingerprint density at radius 2 is 2.00 bits per heavy atom. The first-order valence-electron chi connectivity index (χ1n) is 7.45. The number of nitrogens with zero attached hydrogens (tertiary/aromatic N) is 1. The Morgan fingerprint density at radius 3 is 2.52 bits per heavy atom. The quantitative estimate of drug-likeness (QED) is 0.817. The molecule has 0 aromatic heterocycles. The molecule has 1 rings (SSSR count). The second-order valence-electron chi connectivity index (χ2n) is 6.55. The smallest absolute Gasteiger partial charge is 0.317 e. The average molecular weight is 316 g/mol. The van der Waals surface area contributed by atoms with Crippen LogP contribution in [0.15, 0.2) is 0 Å². The average Bonchev–Trinajstić information content (AvgIpc) is 2.40. The van der Waals surface area contributed by atoms with E-state index in [1.165, 1.54) is 0 Å². The fourth-order valence-corrected chi connectivity index (χ4v) is 3.50. The monoisotopic (exact) mass is 316 g/mol. The fourth-order valence-electron chi connectivity index (χ4n) is 3.04. The number of carbonyl (C=O) groups excluding carboxylic acids is 1. The number of carboxylic acid groups (broad SMARTS) is 1. The van der Waals surface area contributed by atoms with E-state index in [9.17, 15) is 14.7 Å². The van der Waals surface area contributed by atoms with Crippen LogP contribution in [0, 0.1) is 17.3 Å². The van der Waals surface area contributed by atoms with Crippen molar-refractivity contribution < 1.29 is 14.7 Å². The number of carbonyl (C=O) groups is 2. The van der Waals surface area contributed by atoms with Crippen LogP contribution in [-0.2, 0) is 4.79 Å². The number of carboxylic acids is 1. The largest absolute Gasteiger partial charge is 0.481 e. The van der Waals surface area contributed by atoms with Crippen molar-refractivity contribution >= 4 is 23.8 Å². The van der Waals surface area contributed by atoms with Gasteiger partial charge in [-0.05, 0) is 30.4 Å². The SMILES string of the molecule is CSCCN(C)C(=O)NC1CCC(C(=O)O)C(C)(C)C1C. The molecule has 6 heteroatoms. The van der Waals surface area contributed by atoms with Crippen LogP contribution in [0.1, 0.15) is 33.6 Å². The third-order valence-corrected chi connectivity index (χ3v) is 5.62. The van der Waals surface area contributed by atoms with Crippen molar-refractivity contribution in [2.45, 2.75) is 39.7 Å². The van der Waals surface area contributed by atoms with E-state index in [0.29, 0.717) is 6.42 Å². The lowest BCUT2D eigenvalue weighted by Crippen LogP contribution is -2.54. The second-order valence-corrected chi connectivity index (χ2v) is 7.53. The molecule has 5 nitrogen and oxygen atoms in total. The molecule has 0 saturated heterocycles. The molecule has 0 heterocycles. The van der Waals surface area contributed by atoms with E-state index in [1.54, 1.807) is 23.7 Å². The van der Waals surface area contributed by atoms with E-state index >= 15 is 0 Å². The van der Waals surface area contributed by atoms with E-state index in [0.717, 1.165) is 18.7 Å². The third kappa shape index (κ3) is 4.28. The normalized spacial score (nSPS) is 28.0. The summed E-state index contributed by atoms with van der Waals surface area (Å²) in [5.74, 6) is -0.0228. The predicted molar refractivity (Wildman–Crippen MR) is 86.6 cm³/mol. The molecular weight excluding hydrogens is 288 g/mol. The van der Waals surface area contributed by atoms with Gasteiger partial charge in [-0.3, -0.25) is 4.79 Å². The lowest BCUT2D eigenvalue weighted by Gasteiger charge is -2.46. The van der Waals surface area contributed by atoms with Crippen LogP contribution in [0.4, 0.5) is 4.79 Å². The summed E-state index contributed by atoms with van der Waals surface area (Å²) in [6, 6.07) is -0.0229. The summed E-state index contributed by atoms with van der Waals surface area (Å²) in [6.45, 7) is 6.75. The summed E-state index contributed by atoms with van der Waals surface area (Å²) in [5, 5.41) is 12.4. The lowest BCUT2D eigenvalue weighted by atomic mass is 9.61. The van der Waals surface area contributed by atoms with Gasteiger partial charge in [-0.15, -0.1) is 0 Å². The summed E-state index contributed by atoms with van der Waals surface area (Å²) in [7, 11) is 1.80. The summed E-state index contributed by atoms with van der Waals surface area (Å²) in [4.78, 5) is 25.2. The number of thioether (sulfide) groups is 1. The Balaban J connectivity index is 2.66. The maximum Gasteiger partial charge on any atom is 0.317 e. The highest BCUT2D eigenvalue weighted by Gasteiger charge is 2.46. The van der Waals surface area contributed by atoms with Gasteiger partial charge in [0.2, 0.25) is 0 Å². The first kappa shape index (κ1) is 18.1. The van der Waals surface area contributed by atoms with Crippen molar-refractivity contribution in [2.24, 2.45) is 17.3 Å². The Morgan fingerprint density at radius 1 is 1.38 bits per heavy atom. The van der Waals surface area contributed by atoms with E-state index < -0.39 is 5.97 Å². The topological polar surface area (TPSA) is 69.6 Å². The maximum atomic E-state index is 12.2. The molecule has 2 N–H and O–H groups in total. The minimum absolute atomic E-state index is 0.0415. The van der Waals surface area contributed by atoms with Gasteiger partial charge in [-0.2, -0.15) is 11.8 Å². The molecule has 1 saturated carbocycles. The van der Waals surface area contributed by atoms with Crippen molar-refractivity contribution in [1.29, 1.82) is 0 Å². The molecule has 1 fully saturated rings. The number of amides is 2. The number of hydrogen-bond acceptors (Lipinski definition) is 3. The molecule has 1 aliphatic rings. The molecule has 122 valence electrons. The number of rotatable bonds is 5. The van der Waals surface area contributed by atoms with Crippen molar-refractivity contribution in [3.05, 3.63) is 0 Å². The zero-order valence-electron chi connectivity index (χ0n) is 13.7. The first-order valence-corrected chi connectivity index (χ1v) is 8.84. The van der Waals surface area contributed by atoms with Gasteiger partial charge in [0.15, 0.2) is 0 Å². The second kappa shape index (κ2) is 7.38. The fraction of sp³-hybridized carbons (Fsp3) is 0.867. The summed E-state index contributed by atoms with van der Waals surface area (Å²) in [5.41, 5.74) is -0.320. The molecular formula is C15H28N2O3S. The third-order valence-electron chi connectivity index (χ3n) is 5.03. The van der Waals surface area contributed by atoms with Gasteiger partial charge in [0.05, 0.1) is 5.92 Å². The molecule has 1 aliphatic carbocycles. The summed E-state index contributed by atoms with van der Waals surface area (Å²) in [6.07, 6.45) is 3.36. The molecule has 0 bridgehead atoms. The zero-order valence-corrected chi connectivity index (χ0v) is 14.5. The van der Waals surface area contributed by atoms with Gasteiger partial charge in [0.1, 0.15) is 0 Å². The number of urea groups is 1. The number of hydrogen-bond donors (Lipinski definition) is 2. The maximum absolute atomic E-state index is 12.2. The Kier molecular flexibility index (Phi) is 6.38. The van der Waals surface area contributed by atoms with Crippen LogP contribution < -0.4 is 5.32 Å². The highest BCUT2D eigenvalue weighted by molar-refractivity contribution is 7.98. The highest BCUT2D eigenvalue weighted by atomic mass is 32.2. The van der Waals surface area contributed by atoms with E-state index in [1.807, 2.05) is 27.0 Å². The molecule has 3 unspecified atom stereocenters. The van der Waals surface area contributed by atoms with Gasteiger partial charge in [0, 0.05) is 25.4 Å². The molecule has 0 radical (unpaired) electrons. The molecule has 2 amide bonds. The van der Waals surface area contributed by atoms with E-state index in [-0.39, 0.29) is 29.3 Å². The van der Waals surface area contributed by atoms with Gasteiger partial charge < -0.3 is 15.3 Å². The van der Waals surface area contributed by atoms with E-state index in [2.05, 4.69) is 5.32 Å². The van der Waals surface area contributed by atoms with Gasteiger partial charge in [-0.25, -0.2) is 4.79 Å². The standard InChI is InChI=1S/C15H28N2O3S/c1-10-12(16-14(20)17(4)8-9-21-5)7-6-11(13(18)19)15(10,2)3/h10-12H,6-9H2,1-5H3,(H,16,20)(H,18,19). The molecule has 0 aromatic rings. The lowest BCUT2D eigenvalue weighted by molar-refractivity contribution is -0.150. The zero-order chi connectivity index (χ0) is 16.2. The van der Waals surface area contributed by atoms with Crippen LogP contribution in [0.2, 0.25) is 0 Å². The van der Waals surface area contributed by atoms with Crippen LogP contribution in [0.3, 0.4) is 0 Å². The van der Waals surface area contributed by atoms with Gasteiger partial charge in [0.25, 0.3) is 0 Å². The number of aliphatic carboxylic acids is 1. The predicted octanol–water partition coefficient (Wildman–Crippen LogP) is 2.52. The highest BCUT2D eigenvalue weighted by Crippen LogP contribution is 2.45. The molecule has 0 spiro atoms. The van der Waals surface area contributed by atoms with Crippen molar-refractivity contribution in [1.82, 2.24) is 10.2 Å².